The molecular weight excluding hydrogens is 279 g/mol. The van der Waals surface area contributed by atoms with Gasteiger partial charge in [0.2, 0.25) is 0 Å². The van der Waals surface area contributed by atoms with Crippen LogP contribution < -0.4 is 0 Å². The van der Waals surface area contributed by atoms with E-state index in [2.05, 4.69) is 5.92 Å². The Morgan fingerprint density at radius 3 is 2.65 bits per heavy atom. The van der Waals surface area contributed by atoms with Crippen molar-refractivity contribution in [3.8, 4) is 12.3 Å². The fourth-order valence-electron chi connectivity index (χ4n) is 2.45. The summed E-state index contributed by atoms with van der Waals surface area (Å²) in [6.07, 6.45) is 8.73. The lowest BCUT2D eigenvalue weighted by molar-refractivity contribution is -0.147. The van der Waals surface area contributed by atoms with Crippen LogP contribution >= 0.6 is 11.6 Å². The zero-order valence-electron chi connectivity index (χ0n) is 12.2. The third-order valence-electron chi connectivity index (χ3n) is 3.80. The highest BCUT2D eigenvalue weighted by molar-refractivity contribution is 6.28. The molecule has 0 radical (unpaired) electrons. The van der Waals surface area contributed by atoms with Gasteiger partial charge in [0.25, 0.3) is 0 Å². The molecule has 2 nitrogen and oxygen atoms in total. The van der Waals surface area contributed by atoms with Gasteiger partial charge in [0.15, 0.2) is 11.4 Å². The van der Waals surface area contributed by atoms with Crippen LogP contribution in [-0.4, -0.2) is 12.1 Å². The summed E-state index contributed by atoms with van der Waals surface area (Å²) in [5.74, 6) is 1.40. The molecule has 4 heteroatoms. The Labute approximate surface area is 125 Å². The van der Waals surface area contributed by atoms with Crippen molar-refractivity contribution in [2.75, 3.05) is 0 Å². The molecule has 0 N–H and O–H groups in total. The van der Waals surface area contributed by atoms with Gasteiger partial charge in [-0.25, -0.2) is 0 Å². The van der Waals surface area contributed by atoms with Crippen LogP contribution in [0.2, 0.25) is 0 Å². The predicted octanol–water partition coefficient (Wildman–Crippen LogP) is 4.21. The minimum atomic E-state index is -0.797. The Morgan fingerprint density at radius 2 is 2.20 bits per heavy atom. The van der Waals surface area contributed by atoms with Crippen molar-refractivity contribution < 1.29 is 13.9 Å². The molecule has 0 bridgehead atoms. The standard InChI is InChI=1S/C16H20ClFO2/c1-6-8-10(3)12(7-2)20-15(19)14-11(9-13(17)18)16(14,4)5/h2,8-9,11-12,14H,6H2,1,3-5H3. The minimum absolute atomic E-state index is 0.249. The third kappa shape index (κ3) is 3.64. The van der Waals surface area contributed by atoms with Gasteiger partial charge in [0.1, 0.15) is 0 Å². The molecule has 1 rings (SSSR count). The zero-order valence-corrected chi connectivity index (χ0v) is 13.0. The molecule has 0 heterocycles. The molecule has 0 saturated heterocycles. The van der Waals surface area contributed by atoms with E-state index in [9.17, 15) is 9.18 Å². The first kappa shape index (κ1) is 16.8. The van der Waals surface area contributed by atoms with Crippen LogP contribution in [0.5, 0.6) is 0 Å². The molecule has 0 aliphatic heterocycles. The van der Waals surface area contributed by atoms with Crippen molar-refractivity contribution in [3.63, 3.8) is 0 Å². The van der Waals surface area contributed by atoms with Gasteiger partial charge in [-0.15, -0.1) is 6.42 Å². The van der Waals surface area contributed by atoms with Gasteiger partial charge in [-0.05, 0) is 30.4 Å². The maximum absolute atomic E-state index is 12.8. The third-order valence-corrected chi connectivity index (χ3v) is 3.92. The number of halogens is 2. The number of esters is 1. The van der Waals surface area contributed by atoms with Crippen molar-refractivity contribution in [2.45, 2.75) is 40.2 Å². The highest BCUT2D eigenvalue weighted by atomic mass is 35.5. The fourth-order valence-corrected chi connectivity index (χ4v) is 2.59. The summed E-state index contributed by atoms with van der Waals surface area (Å²) < 4.78 is 18.1. The van der Waals surface area contributed by atoms with Gasteiger partial charge in [0.05, 0.1) is 5.92 Å². The lowest BCUT2D eigenvalue weighted by atomic mass is 10.1. The number of hydrogen-bond donors (Lipinski definition) is 0. The first-order chi connectivity index (χ1) is 9.25. The Balaban J connectivity index is 2.76. The molecule has 0 aromatic heterocycles. The summed E-state index contributed by atoms with van der Waals surface area (Å²) in [5, 5.41) is -0.797. The lowest BCUT2D eigenvalue weighted by Gasteiger charge is -2.13. The summed E-state index contributed by atoms with van der Waals surface area (Å²) in [7, 11) is 0. The van der Waals surface area contributed by atoms with E-state index in [1.54, 1.807) is 0 Å². The van der Waals surface area contributed by atoms with Crippen molar-refractivity contribution in [3.05, 3.63) is 23.0 Å². The minimum Gasteiger partial charge on any atom is -0.444 e. The number of terminal acetylenes is 1. The van der Waals surface area contributed by atoms with E-state index in [4.69, 9.17) is 22.8 Å². The molecule has 1 fully saturated rings. The van der Waals surface area contributed by atoms with E-state index >= 15 is 0 Å². The number of carbonyl (C=O) groups excluding carboxylic acids is 1. The summed E-state index contributed by atoms with van der Waals surface area (Å²) in [6, 6.07) is 0. The van der Waals surface area contributed by atoms with Crippen LogP contribution in [0.1, 0.15) is 34.1 Å². The molecule has 20 heavy (non-hydrogen) atoms. The Kier molecular flexibility index (Phi) is 5.42. The second kappa shape index (κ2) is 6.45. The zero-order chi connectivity index (χ0) is 15.5. The van der Waals surface area contributed by atoms with Crippen molar-refractivity contribution in [1.82, 2.24) is 0 Å². The average molecular weight is 299 g/mol. The summed E-state index contributed by atoms with van der Waals surface area (Å²) in [5.41, 5.74) is 0.475. The molecule has 0 amide bonds. The van der Waals surface area contributed by atoms with Crippen molar-refractivity contribution >= 4 is 17.6 Å². The lowest BCUT2D eigenvalue weighted by Crippen LogP contribution is -2.20. The Morgan fingerprint density at radius 1 is 1.60 bits per heavy atom. The predicted molar refractivity (Wildman–Crippen MR) is 78.6 cm³/mol. The van der Waals surface area contributed by atoms with Crippen molar-refractivity contribution in [2.24, 2.45) is 17.3 Å². The largest absolute Gasteiger partial charge is 0.444 e. The number of rotatable bonds is 5. The number of ether oxygens (including phenoxy) is 1. The van der Waals surface area contributed by atoms with E-state index < -0.39 is 23.3 Å². The van der Waals surface area contributed by atoms with Crippen LogP contribution in [0.15, 0.2) is 23.0 Å². The van der Waals surface area contributed by atoms with Crippen LogP contribution in [0.25, 0.3) is 0 Å². The molecule has 1 aliphatic rings. The Bertz CT molecular complexity index is 481. The van der Waals surface area contributed by atoms with Gasteiger partial charge in [-0.2, -0.15) is 4.39 Å². The smallest absolute Gasteiger partial charge is 0.311 e. The van der Waals surface area contributed by atoms with Crippen LogP contribution in [0.4, 0.5) is 4.39 Å². The first-order valence-electron chi connectivity index (χ1n) is 6.61. The monoisotopic (exact) mass is 298 g/mol. The highest BCUT2D eigenvalue weighted by Crippen LogP contribution is 2.60. The highest BCUT2D eigenvalue weighted by Gasteiger charge is 2.62. The Hall–Kier alpha value is -1.27. The molecule has 110 valence electrons. The van der Waals surface area contributed by atoms with E-state index in [1.807, 2.05) is 33.8 Å². The first-order valence-corrected chi connectivity index (χ1v) is 6.99. The topological polar surface area (TPSA) is 26.3 Å². The molecule has 1 saturated carbocycles. The molecular formula is C16H20ClFO2. The number of hydrogen-bond acceptors (Lipinski definition) is 2. The molecule has 0 spiro atoms. The number of carbonyl (C=O) groups is 1. The number of allylic oxidation sites excluding steroid dienone is 2. The fraction of sp³-hybridized carbons (Fsp3) is 0.562. The van der Waals surface area contributed by atoms with Crippen LogP contribution in [0, 0.1) is 29.6 Å². The normalized spacial score (nSPS) is 26.6. The maximum Gasteiger partial charge on any atom is 0.311 e. The molecule has 1 aliphatic carbocycles. The van der Waals surface area contributed by atoms with Crippen LogP contribution in [0.3, 0.4) is 0 Å². The molecule has 0 aromatic carbocycles. The van der Waals surface area contributed by atoms with E-state index in [1.165, 1.54) is 6.08 Å². The SMILES string of the molecule is C#CC(OC(=O)C1C(C=C(F)Cl)C1(C)C)C(C)=CCC. The van der Waals surface area contributed by atoms with E-state index in [-0.39, 0.29) is 11.3 Å². The van der Waals surface area contributed by atoms with Gasteiger partial charge < -0.3 is 4.74 Å². The average Bonchev–Trinajstić information content (AvgIpc) is 2.86. The van der Waals surface area contributed by atoms with E-state index in [0.29, 0.717) is 0 Å². The second-order valence-electron chi connectivity index (χ2n) is 5.62. The summed E-state index contributed by atoms with van der Waals surface area (Å²) >= 11 is 5.24. The quantitative estimate of drug-likeness (QED) is 0.432. The van der Waals surface area contributed by atoms with E-state index in [0.717, 1.165) is 12.0 Å². The molecule has 3 atom stereocenters. The van der Waals surface area contributed by atoms with Gasteiger partial charge in [0, 0.05) is 5.92 Å². The molecule has 0 aromatic rings. The van der Waals surface area contributed by atoms with Gasteiger partial charge in [-0.3, -0.25) is 4.79 Å². The summed E-state index contributed by atoms with van der Waals surface area (Å²) in [4.78, 5) is 12.2. The molecule has 3 unspecified atom stereocenters. The van der Waals surface area contributed by atoms with Crippen molar-refractivity contribution in [1.29, 1.82) is 0 Å². The summed E-state index contributed by atoms with van der Waals surface area (Å²) in [6.45, 7) is 7.56. The van der Waals surface area contributed by atoms with Gasteiger partial charge in [-0.1, -0.05) is 44.4 Å². The van der Waals surface area contributed by atoms with Crippen LogP contribution in [-0.2, 0) is 9.53 Å². The van der Waals surface area contributed by atoms with Gasteiger partial charge >= 0.3 is 5.97 Å². The maximum atomic E-state index is 12.8. The second-order valence-corrected chi connectivity index (χ2v) is 5.98.